The van der Waals surface area contributed by atoms with Gasteiger partial charge in [-0.2, -0.15) is 4.31 Å². The molecule has 0 spiro atoms. The van der Waals surface area contributed by atoms with Gasteiger partial charge < -0.3 is 5.11 Å². The van der Waals surface area contributed by atoms with Crippen molar-refractivity contribution in [2.24, 2.45) is 0 Å². The van der Waals surface area contributed by atoms with Crippen LogP contribution in [0.2, 0.25) is 8.67 Å². The Kier molecular flexibility index (Phi) is 4.19. The monoisotopic (exact) mass is 303 g/mol. The molecule has 0 aliphatic rings. The first-order valence-corrected chi connectivity index (χ1v) is 6.89. The van der Waals surface area contributed by atoms with Crippen LogP contribution in [0.5, 0.6) is 0 Å². The van der Waals surface area contributed by atoms with Crippen LogP contribution in [0.15, 0.2) is 11.0 Å². The van der Waals surface area contributed by atoms with Gasteiger partial charge >= 0.3 is 5.97 Å². The molecule has 0 atom stereocenters. The minimum absolute atomic E-state index is 0.0160. The first-order chi connectivity index (χ1) is 7.25. The third-order valence-electron chi connectivity index (χ3n) is 1.67. The number of carboxylic acid groups (broad SMARTS) is 1. The molecule has 1 N–H and O–H groups in total. The summed E-state index contributed by atoms with van der Waals surface area (Å²) in [4.78, 5) is 10.2. The van der Waals surface area contributed by atoms with Gasteiger partial charge in [0.15, 0.2) is 0 Å². The lowest BCUT2D eigenvalue weighted by Gasteiger charge is -2.13. The number of hydrogen-bond donors (Lipinski definition) is 1. The fraction of sp³-hybridized carbons (Fsp3) is 0.286. The van der Waals surface area contributed by atoms with Crippen LogP contribution in [-0.2, 0) is 14.8 Å². The summed E-state index contributed by atoms with van der Waals surface area (Å²) in [7, 11) is -2.74. The summed E-state index contributed by atoms with van der Waals surface area (Å²) in [6.45, 7) is -0.633. The maximum Gasteiger partial charge on any atom is 0.318 e. The van der Waals surface area contributed by atoms with E-state index < -0.39 is 22.5 Å². The Bertz CT molecular complexity index is 510. The minimum atomic E-state index is -3.90. The van der Waals surface area contributed by atoms with Gasteiger partial charge in [-0.1, -0.05) is 23.2 Å². The minimum Gasteiger partial charge on any atom is -0.480 e. The lowest BCUT2D eigenvalue weighted by molar-refractivity contribution is -0.137. The number of sulfonamides is 1. The predicted molar refractivity (Wildman–Crippen MR) is 61.8 cm³/mol. The predicted octanol–water partition coefficient (Wildman–Crippen LogP) is 1.76. The van der Waals surface area contributed by atoms with Crippen molar-refractivity contribution in [3.8, 4) is 0 Å². The zero-order valence-electron chi connectivity index (χ0n) is 7.98. The van der Waals surface area contributed by atoms with Crippen LogP contribution in [-0.4, -0.2) is 37.4 Å². The van der Waals surface area contributed by atoms with E-state index in [9.17, 15) is 13.2 Å². The van der Waals surface area contributed by atoms with Crippen LogP contribution >= 0.6 is 34.5 Å². The standard InChI is InChI=1S/C7H7Cl2NO4S2/c1-10(3-6(11)12)16(13,14)4-2-5(8)15-7(4)9/h2H,3H2,1H3,(H,11,12). The summed E-state index contributed by atoms with van der Waals surface area (Å²) in [5, 5.41) is 8.51. The number of nitrogens with zero attached hydrogens (tertiary/aromatic N) is 1. The highest BCUT2D eigenvalue weighted by Crippen LogP contribution is 2.35. The van der Waals surface area contributed by atoms with Gasteiger partial charge in [0, 0.05) is 7.05 Å². The average Bonchev–Trinajstić information content (AvgIpc) is 2.44. The zero-order chi connectivity index (χ0) is 12.5. The number of aliphatic carboxylic acids is 1. The number of carboxylic acids is 1. The molecule has 0 bridgehead atoms. The summed E-state index contributed by atoms with van der Waals surface area (Å²) in [6, 6.07) is 1.20. The van der Waals surface area contributed by atoms with Crippen LogP contribution in [0, 0.1) is 0 Å². The number of carbonyl (C=O) groups is 1. The fourth-order valence-corrected chi connectivity index (χ4v) is 4.17. The molecule has 0 saturated carbocycles. The van der Waals surface area contributed by atoms with Gasteiger partial charge in [-0.05, 0) is 6.07 Å². The lowest BCUT2D eigenvalue weighted by atomic mass is 10.7. The quantitative estimate of drug-likeness (QED) is 0.919. The van der Waals surface area contributed by atoms with Gasteiger partial charge in [0.05, 0.1) is 4.34 Å². The van der Waals surface area contributed by atoms with Gasteiger partial charge in [0.25, 0.3) is 0 Å². The molecular weight excluding hydrogens is 297 g/mol. The fourth-order valence-electron chi connectivity index (χ4n) is 0.944. The van der Waals surface area contributed by atoms with E-state index in [1.165, 1.54) is 6.07 Å². The molecule has 9 heteroatoms. The number of rotatable bonds is 4. The molecule has 16 heavy (non-hydrogen) atoms. The third kappa shape index (κ3) is 2.86. The van der Waals surface area contributed by atoms with Crippen LogP contribution in [0.3, 0.4) is 0 Å². The molecular formula is C7H7Cl2NO4S2. The summed E-state index contributed by atoms with van der Waals surface area (Å²) in [5.74, 6) is -1.25. The van der Waals surface area contributed by atoms with Crippen molar-refractivity contribution in [2.75, 3.05) is 13.6 Å². The van der Waals surface area contributed by atoms with Crippen molar-refractivity contribution >= 4 is 50.5 Å². The first kappa shape index (κ1) is 13.7. The topological polar surface area (TPSA) is 74.7 Å². The van der Waals surface area contributed by atoms with E-state index in [1.807, 2.05) is 0 Å². The van der Waals surface area contributed by atoms with E-state index in [0.29, 0.717) is 4.31 Å². The average molecular weight is 304 g/mol. The zero-order valence-corrected chi connectivity index (χ0v) is 11.1. The van der Waals surface area contributed by atoms with Gasteiger partial charge in [-0.25, -0.2) is 8.42 Å². The van der Waals surface area contributed by atoms with E-state index in [4.69, 9.17) is 28.3 Å². The Morgan fingerprint density at radius 3 is 2.50 bits per heavy atom. The van der Waals surface area contributed by atoms with Crippen molar-refractivity contribution in [3.05, 3.63) is 14.7 Å². The number of hydrogen-bond acceptors (Lipinski definition) is 4. The van der Waals surface area contributed by atoms with Crippen molar-refractivity contribution < 1.29 is 18.3 Å². The van der Waals surface area contributed by atoms with E-state index in [2.05, 4.69) is 0 Å². The highest BCUT2D eigenvalue weighted by atomic mass is 35.5. The Balaban J connectivity index is 3.11. The third-order valence-corrected chi connectivity index (χ3v) is 5.23. The second kappa shape index (κ2) is 4.89. The van der Waals surface area contributed by atoms with Gasteiger partial charge in [0.1, 0.15) is 15.8 Å². The highest BCUT2D eigenvalue weighted by Gasteiger charge is 2.27. The molecule has 1 rings (SSSR count). The molecule has 5 nitrogen and oxygen atoms in total. The van der Waals surface area contributed by atoms with Crippen LogP contribution < -0.4 is 0 Å². The van der Waals surface area contributed by atoms with Gasteiger partial charge in [0.2, 0.25) is 10.0 Å². The molecule has 0 aliphatic carbocycles. The number of thiophene rings is 1. The molecule has 0 fully saturated rings. The molecule has 0 amide bonds. The Morgan fingerprint density at radius 2 is 2.12 bits per heavy atom. The largest absolute Gasteiger partial charge is 0.480 e. The van der Waals surface area contributed by atoms with Crippen molar-refractivity contribution in [1.29, 1.82) is 0 Å². The Hall–Kier alpha value is -0.340. The van der Waals surface area contributed by atoms with E-state index in [1.54, 1.807) is 0 Å². The van der Waals surface area contributed by atoms with Crippen LogP contribution in [0.25, 0.3) is 0 Å². The molecule has 0 aliphatic heterocycles. The molecule has 1 aromatic heterocycles. The van der Waals surface area contributed by atoms with E-state index in [0.717, 1.165) is 18.4 Å². The second-order valence-electron chi connectivity index (χ2n) is 2.84. The van der Waals surface area contributed by atoms with Crippen molar-refractivity contribution in [1.82, 2.24) is 4.31 Å². The summed E-state index contributed by atoms with van der Waals surface area (Å²) in [5.41, 5.74) is 0. The maximum atomic E-state index is 11.8. The Morgan fingerprint density at radius 1 is 1.56 bits per heavy atom. The smallest absolute Gasteiger partial charge is 0.318 e. The molecule has 0 aromatic carbocycles. The molecule has 90 valence electrons. The molecule has 0 radical (unpaired) electrons. The normalized spacial score (nSPS) is 12.0. The second-order valence-corrected chi connectivity index (χ2v) is 7.14. The van der Waals surface area contributed by atoms with Crippen molar-refractivity contribution in [3.63, 3.8) is 0 Å². The van der Waals surface area contributed by atoms with Crippen LogP contribution in [0.4, 0.5) is 0 Å². The molecule has 0 unspecified atom stereocenters. The number of likely N-dealkylation sites (N-methyl/N-ethyl adjacent to an activating group) is 1. The van der Waals surface area contributed by atoms with Crippen LogP contribution in [0.1, 0.15) is 0 Å². The molecule has 1 heterocycles. The lowest BCUT2D eigenvalue weighted by Crippen LogP contribution is -2.31. The Labute approximate surface area is 106 Å². The molecule has 0 saturated heterocycles. The summed E-state index contributed by atoms with van der Waals surface area (Å²) >= 11 is 12.2. The number of halogens is 2. The highest BCUT2D eigenvalue weighted by molar-refractivity contribution is 7.89. The van der Waals surface area contributed by atoms with Crippen molar-refractivity contribution in [2.45, 2.75) is 4.90 Å². The van der Waals surface area contributed by atoms with Gasteiger partial charge in [-0.15, -0.1) is 11.3 Å². The molecule has 1 aromatic rings. The first-order valence-electron chi connectivity index (χ1n) is 3.88. The van der Waals surface area contributed by atoms with E-state index in [-0.39, 0.29) is 13.6 Å². The summed E-state index contributed by atoms with van der Waals surface area (Å²) in [6.07, 6.45) is 0. The van der Waals surface area contributed by atoms with Gasteiger partial charge in [-0.3, -0.25) is 4.79 Å². The maximum absolute atomic E-state index is 11.8. The van der Waals surface area contributed by atoms with E-state index >= 15 is 0 Å². The summed E-state index contributed by atoms with van der Waals surface area (Å²) < 4.78 is 24.6. The SMILES string of the molecule is CN(CC(=O)O)S(=O)(=O)c1cc(Cl)sc1Cl.